The summed E-state index contributed by atoms with van der Waals surface area (Å²) in [6.45, 7) is 5.90. The predicted molar refractivity (Wildman–Crippen MR) is 144 cm³/mol. The Labute approximate surface area is 221 Å². The highest BCUT2D eigenvalue weighted by atomic mass is 35.5. The highest BCUT2D eigenvalue weighted by Gasteiger charge is 2.17. The van der Waals surface area contributed by atoms with Gasteiger partial charge in [-0.1, -0.05) is 65.7 Å². The van der Waals surface area contributed by atoms with Crippen molar-refractivity contribution in [3.63, 3.8) is 0 Å². The molecule has 0 unspecified atom stereocenters. The highest BCUT2D eigenvalue weighted by molar-refractivity contribution is 6.35. The number of halogens is 2. The SMILES string of the molecule is C=CCc1cc(/C=C(/C#N)C(=O)N[C@@H](C)c2ccccc2)cc(OC)c1OCc1ccc(Cl)cc1Cl. The van der Waals surface area contributed by atoms with Crippen molar-refractivity contribution in [3.8, 4) is 17.6 Å². The van der Waals surface area contributed by atoms with Gasteiger partial charge in [0.15, 0.2) is 11.5 Å². The molecular weight excluding hydrogens is 495 g/mol. The highest BCUT2D eigenvalue weighted by Crippen LogP contribution is 2.35. The minimum Gasteiger partial charge on any atom is -0.493 e. The summed E-state index contributed by atoms with van der Waals surface area (Å²) < 4.78 is 11.7. The summed E-state index contributed by atoms with van der Waals surface area (Å²) in [4.78, 5) is 12.8. The van der Waals surface area contributed by atoms with Crippen molar-refractivity contribution in [2.45, 2.75) is 26.0 Å². The lowest BCUT2D eigenvalue weighted by atomic mass is 10.0. The maximum atomic E-state index is 12.8. The molecule has 0 bridgehead atoms. The van der Waals surface area contributed by atoms with E-state index >= 15 is 0 Å². The zero-order valence-corrected chi connectivity index (χ0v) is 21.6. The van der Waals surface area contributed by atoms with Gasteiger partial charge in [0, 0.05) is 21.2 Å². The molecule has 0 radical (unpaired) electrons. The molecule has 5 nitrogen and oxygen atoms in total. The normalized spacial score (nSPS) is 11.8. The molecule has 0 saturated heterocycles. The Morgan fingerprint density at radius 1 is 1.14 bits per heavy atom. The minimum atomic E-state index is -0.462. The molecule has 1 N–H and O–H groups in total. The monoisotopic (exact) mass is 520 g/mol. The Morgan fingerprint density at radius 3 is 2.53 bits per heavy atom. The number of rotatable bonds is 10. The predicted octanol–water partition coefficient (Wildman–Crippen LogP) is 7.09. The molecule has 184 valence electrons. The fourth-order valence-corrected chi connectivity index (χ4v) is 4.06. The van der Waals surface area contributed by atoms with E-state index in [4.69, 9.17) is 32.7 Å². The van der Waals surface area contributed by atoms with E-state index in [0.29, 0.717) is 33.5 Å². The molecule has 0 spiro atoms. The summed E-state index contributed by atoms with van der Waals surface area (Å²) in [5.74, 6) is 0.526. The zero-order valence-electron chi connectivity index (χ0n) is 20.1. The van der Waals surface area contributed by atoms with Crippen molar-refractivity contribution in [3.05, 3.63) is 111 Å². The molecule has 1 amide bonds. The Hall–Kier alpha value is -3.72. The average molecular weight is 521 g/mol. The fourth-order valence-electron chi connectivity index (χ4n) is 3.59. The van der Waals surface area contributed by atoms with Gasteiger partial charge < -0.3 is 14.8 Å². The van der Waals surface area contributed by atoms with Crippen LogP contribution in [0.3, 0.4) is 0 Å². The number of carbonyl (C=O) groups excluding carboxylic acids is 1. The van der Waals surface area contributed by atoms with Crippen LogP contribution in [0, 0.1) is 11.3 Å². The van der Waals surface area contributed by atoms with E-state index < -0.39 is 5.91 Å². The number of allylic oxidation sites excluding steroid dienone is 1. The Kier molecular flexibility index (Phi) is 9.58. The summed E-state index contributed by atoms with van der Waals surface area (Å²) in [6.07, 6.45) is 3.76. The van der Waals surface area contributed by atoms with Crippen molar-refractivity contribution >= 4 is 35.2 Å². The van der Waals surface area contributed by atoms with E-state index in [-0.39, 0.29) is 18.2 Å². The molecule has 3 aromatic rings. The van der Waals surface area contributed by atoms with Gasteiger partial charge in [0.1, 0.15) is 18.2 Å². The van der Waals surface area contributed by atoms with Gasteiger partial charge in [-0.3, -0.25) is 4.79 Å². The first-order valence-electron chi connectivity index (χ1n) is 11.2. The third-order valence-electron chi connectivity index (χ3n) is 5.45. The lowest BCUT2D eigenvalue weighted by molar-refractivity contribution is -0.117. The number of amides is 1. The molecule has 0 aliphatic carbocycles. The summed E-state index contributed by atoms with van der Waals surface area (Å²) in [5.41, 5.74) is 3.11. The van der Waals surface area contributed by atoms with E-state index in [2.05, 4.69) is 11.9 Å². The molecule has 36 heavy (non-hydrogen) atoms. The van der Waals surface area contributed by atoms with Gasteiger partial charge in [-0.15, -0.1) is 6.58 Å². The van der Waals surface area contributed by atoms with Gasteiger partial charge in [0.05, 0.1) is 13.2 Å². The van der Waals surface area contributed by atoms with E-state index in [9.17, 15) is 10.1 Å². The largest absolute Gasteiger partial charge is 0.493 e. The van der Waals surface area contributed by atoms with Crippen molar-refractivity contribution in [1.82, 2.24) is 5.32 Å². The number of benzene rings is 3. The van der Waals surface area contributed by atoms with Gasteiger partial charge in [-0.25, -0.2) is 0 Å². The average Bonchev–Trinajstić information content (AvgIpc) is 2.87. The second-order valence-electron chi connectivity index (χ2n) is 8.00. The van der Waals surface area contributed by atoms with E-state index in [1.54, 1.807) is 30.3 Å². The van der Waals surface area contributed by atoms with Crippen LogP contribution in [0.2, 0.25) is 10.0 Å². The number of nitrogens with one attached hydrogen (secondary N) is 1. The van der Waals surface area contributed by atoms with Crippen LogP contribution in [0.15, 0.2) is 78.9 Å². The van der Waals surface area contributed by atoms with Crippen molar-refractivity contribution < 1.29 is 14.3 Å². The molecule has 1 atom stereocenters. The van der Waals surface area contributed by atoms with Crippen LogP contribution in [0.4, 0.5) is 0 Å². The summed E-state index contributed by atoms with van der Waals surface area (Å²) in [5, 5.41) is 13.6. The molecule has 3 aromatic carbocycles. The number of hydrogen-bond acceptors (Lipinski definition) is 4. The number of nitrogens with zero attached hydrogens (tertiary/aromatic N) is 1. The quantitative estimate of drug-likeness (QED) is 0.176. The Bertz CT molecular complexity index is 1310. The van der Waals surface area contributed by atoms with Crippen molar-refractivity contribution in [2.75, 3.05) is 7.11 Å². The van der Waals surface area contributed by atoms with Gasteiger partial charge in [0.25, 0.3) is 5.91 Å². The van der Waals surface area contributed by atoms with E-state index in [1.165, 1.54) is 13.2 Å². The lowest BCUT2D eigenvalue weighted by Gasteiger charge is -2.17. The van der Waals surface area contributed by atoms with Crippen LogP contribution in [0.1, 0.15) is 35.2 Å². The maximum absolute atomic E-state index is 12.8. The first-order chi connectivity index (χ1) is 17.4. The van der Waals surface area contributed by atoms with Crippen LogP contribution in [-0.4, -0.2) is 13.0 Å². The fraction of sp³-hybridized carbons (Fsp3) is 0.172. The molecule has 0 heterocycles. The molecule has 7 heteroatoms. The lowest BCUT2D eigenvalue weighted by Crippen LogP contribution is -2.27. The smallest absolute Gasteiger partial charge is 0.262 e. The molecule has 0 aliphatic heterocycles. The molecule has 0 aliphatic rings. The standard InChI is InChI=1S/C29H26Cl2N2O3/c1-4-8-22-13-20(14-24(17-32)29(34)33-19(2)21-9-6-5-7-10-21)15-27(35-3)28(22)36-18-23-11-12-25(30)16-26(23)31/h4-7,9-16,19H,1,8,18H2,2-3H3,(H,33,34)/b24-14-/t19-/m0/s1. The molecule has 0 aromatic heterocycles. The topological polar surface area (TPSA) is 71.4 Å². The molecule has 0 fully saturated rings. The van der Waals surface area contributed by atoms with Gasteiger partial charge in [0.2, 0.25) is 0 Å². The number of carbonyl (C=O) groups is 1. The van der Waals surface area contributed by atoms with Crippen LogP contribution >= 0.6 is 23.2 Å². The number of nitriles is 1. The van der Waals surface area contributed by atoms with Crippen molar-refractivity contribution in [2.24, 2.45) is 0 Å². The summed E-state index contributed by atoms with van der Waals surface area (Å²) in [7, 11) is 1.53. The number of ether oxygens (including phenoxy) is 2. The Balaban J connectivity index is 1.88. The third kappa shape index (κ3) is 6.91. The Morgan fingerprint density at radius 2 is 1.89 bits per heavy atom. The number of hydrogen-bond donors (Lipinski definition) is 1. The molecule has 0 saturated carbocycles. The second kappa shape index (κ2) is 12.8. The number of methoxy groups -OCH3 is 1. The molecular formula is C29H26Cl2N2O3. The first-order valence-corrected chi connectivity index (χ1v) is 12.0. The van der Waals surface area contributed by atoms with Gasteiger partial charge >= 0.3 is 0 Å². The zero-order chi connectivity index (χ0) is 26.1. The van der Waals surface area contributed by atoms with E-state index in [0.717, 1.165) is 16.7 Å². The van der Waals surface area contributed by atoms with Gasteiger partial charge in [-0.2, -0.15) is 5.26 Å². The maximum Gasteiger partial charge on any atom is 0.262 e. The molecule has 3 rings (SSSR count). The summed E-state index contributed by atoms with van der Waals surface area (Å²) in [6, 6.07) is 20.1. The van der Waals surface area contributed by atoms with Crippen LogP contribution < -0.4 is 14.8 Å². The van der Waals surface area contributed by atoms with E-state index in [1.807, 2.05) is 49.4 Å². The van der Waals surface area contributed by atoms with Crippen molar-refractivity contribution in [1.29, 1.82) is 5.26 Å². The first kappa shape index (κ1) is 26.9. The third-order valence-corrected chi connectivity index (χ3v) is 6.04. The van der Waals surface area contributed by atoms with Crippen LogP contribution in [0.25, 0.3) is 6.08 Å². The van der Waals surface area contributed by atoms with Crippen LogP contribution in [0.5, 0.6) is 11.5 Å². The van der Waals surface area contributed by atoms with Gasteiger partial charge in [-0.05, 0) is 54.8 Å². The minimum absolute atomic E-state index is 0.0222. The second-order valence-corrected chi connectivity index (χ2v) is 8.85. The van der Waals surface area contributed by atoms with Crippen LogP contribution in [-0.2, 0) is 17.8 Å². The summed E-state index contributed by atoms with van der Waals surface area (Å²) >= 11 is 12.3.